The van der Waals surface area contributed by atoms with Crippen molar-refractivity contribution in [3.05, 3.63) is 40.1 Å². The highest BCUT2D eigenvalue weighted by Gasteiger charge is 2.49. The van der Waals surface area contributed by atoms with Crippen LogP contribution in [-0.4, -0.2) is 33.8 Å². The van der Waals surface area contributed by atoms with E-state index >= 15 is 0 Å². The van der Waals surface area contributed by atoms with Gasteiger partial charge in [-0.2, -0.15) is 0 Å². The van der Waals surface area contributed by atoms with Gasteiger partial charge in [-0.15, -0.1) is 0 Å². The van der Waals surface area contributed by atoms with Gasteiger partial charge in [0.05, 0.1) is 5.57 Å². The summed E-state index contributed by atoms with van der Waals surface area (Å²) in [5.74, 6) is 0.927. The van der Waals surface area contributed by atoms with E-state index in [0.717, 1.165) is 28.0 Å². The Morgan fingerprint density at radius 1 is 1.17 bits per heavy atom. The predicted molar refractivity (Wildman–Crippen MR) is 123 cm³/mol. The first kappa shape index (κ1) is 24.3. The number of amides is 1. The Hall–Kier alpha value is -1.95. The van der Waals surface area contributed by atoms with Gasteiger partial charge in [-0.25, -0.2) is 4.79 Å². The molecule has 0 spiro atoms. The van der Waals surface area contributed by atoms with Crippen LogP contribution in [0.3, 0.4) is 0 Å². The zero-order valence-corrected chi connectivity index (χ0v) is 20.7. The largest absolute Gasteiger partial charge is 0.513 e. The summed E-state index contributed by atoms with van der Waals surface area (Å²) in [5, 5.41) is 0. The topological polar surface area (TPSA) is 55.8 Å². The van der Waals surface area contributed by atoms with E-state index < -0.39 is 11.7 Å². The molecule has 30 heavy (non-hydrogen) atoms. The SMILES string of the molecule is CCSN1C(=O)C(c2c(C)cc(C)cc2C)=C(OC(=O)OC(C)C(C)(C)C)C1(C)C. The summed E-state index contributed by atoms with van der Waals surface area (Å²) in [4.78, 5) is 26.2. The van der Waals surface area contributed by atoms with Gasteiger partial charge in [0.15, 0.2) is 5.76 Å². The van der Waals surface area contributed by atoms with E-state index in [2.05, 4.69) is 0 Å². The maximum atomic E-state index is 13.5. The highest BCUT2D eigenvalue weighted by atomic mass is 32.2. The molecule has 1 unspecified atom stereocenters. The molecule has 0 saturated heterocycles. The van der Waals surface area contributed by atoms with Crippen LogP contribution in [0.1, 0.15) is 70.7 Å². The number of carbonyl (C=O) groups is 2. The highest BCUT2D eigenvalue weighted by molar-refractivity contribution is 7.97. The number of ether oxygens (including phenoxy) is 2. The maximum absolute atomic E-state index is 13.5. The van der Waals surface area contributed by atoms with Crippen LogP contribution in [0, 0.1) is 26.2 Å². The van der Waals surface area contributed by atoms with Gasteiger partial charge < -0.3 is 9.47 Å². The zero-order chi connectivity index (χ0) is 23.0. The van der Waals surface area contributed by atoms with Crippen molar-refractivity contribution in [2.45, 2.75) is 80.9 Å². The standard InChI is InChI=1S/C24H35NO4S/c1-11-30-25-21(26)19(18-15(3)12-14(2)13-16(18)4)20(24(25,9)10)29-22(27)28-17(5)23(6,7)8/h12-13,17H,11H2,1-10H3. The van der Waals surface area contributed by atoms with Gasteiger partial charge in [0, 0.05) is 5.75 Å². The molecule has 0 aliphatic carbocycles. The van der Waals surface area contributed by atoms with Gasteiger partial charge in [0.25, 0.3) is 5.91 Å². The van der Waals surface area contributed by atoms with Crippen molar-refractivity contribution in [2.75, 3.05) is 5.75 Å². The van der Waals surface area contributed by atoms with E-state index in [1.54, 1.807) is 4.31 Å². The molecule has 1 atom stereocenters. The molecule has 0 bridgehead atoms. The summed E-state index contributed by atoms with van der Waals surface area (Å²) in [5.41, 5.74) is 3.34. The lowest BCUT2D eigenvalue weighted by Crippen LogP contribution is -2.40. The Morgan fingerprint density at radius 3 is 2.17 bits per heavy atom. The third-order valence-corrected chi connectivity index (χ3v) is 6.69. The van der Waals surface area contributed by atoms with Gasteiger partial charge >= 0.3 is 6.16 Å². The Bertz CT molecular complexity index is 857. The summed E-state index contributed by atoms with van der Waals surface area (Å²) in [6, 6.07) is 4.09. The van der Waals surface area contributed by atoms with Crippen LogP contribution in [0.15, 0.2) is 17.9 Å². The van der Waals surface area contributed by atoms with Gasteiger partial charge in [-0.1, -0.05) is 45.4 Å². The van der Waals surface area contributed by atoms with Crippen molar-refractivity contribution >= 4 is 29.6 Å². The molecule has 0 fully saturated rings. The van der Waals surface area contributed by atoms with Gasteiger partial charge in [-0.3, -0.25) is 9.10 Å². The van der Waals surface area contributed by atoms with E-state index in [1.165, 1.54) is 11.9 Å². The number of hydrogen-bond acceptors (Lipinski definition) is 5. The molecule has 2 rings (SSSR count). The first-order valence-electron chi connectivity index (χ1n) is 10.4. The van der Waals surface area contributed by atoms with E-state index in [1.807, 2.05) is 81.4 Å². The van der Waals surface area contributed by atoms with Crippen LogP contribution in [0.2, 0.25) is 0 Å². The minimum absolute atomic E-state index is 0.145. The molecule has 0 N–H and O–H groups in total. The number of rotatable bonds is 5. The molecule has 1 heterocycles. The second-order valence-electron chi connectivity index (χ2n) is 9.53. The van der Waals surface area contributed by atoms with Crippen LogP contribution < -0.4 is 0 Å². The molecule has 1 aliphatic rings. The van der Waals surface area contributed by atoms with Crippen molar-refractivity contribution in [1.82, 2.24) is 4.31 Å². The second kappa shape index (κ2) is 8.66. The summed E-state index contributed by atoms with van der Waals surface area (Å²) in [6.45, 7) is 19.6. The third kappa shape index (κ3) is 4.69. The minimum Gasteiger partial charge on any atom is -0.430 e. The summed E-state index contributed by atoms with van der Waals surface area (Å²) < 4.78 is 13.0. The fraction of sp³-hybridized carbons (Fsp3) is 0.583. The van der Waals surface area contributed by atoms with Gasteiger partial charge in [0.2, 0.25) is 0 Å². The molecule has 0 saturated carbocycles. The minimum atomic E-state index is -0.791. The molecule has 0 radical (unpaired) electrons. The lowest BCUT2D eigenvalue weighted by Gasteiger charge is -2.32. The summed E-state index contributed by atoms with van der Waals surface area (Å²) in [6.07, 6.45) is -1.12. The van der Waals surface area contributed by atoms with Gasteiger partial charge in [-0.05, 0) is 75.6 Å². The first-order valence-corrected chi connectivity index (χ1v) is 11.3. The fourth-order valence-corrected chi connectivity index (χ4v) is 4.47. The average molecular weight is 434 g/mol. The smallest absolute Gasteiger partial charge is 0.430 e. The van der Waals surface area contributed by atoms with Crippen molar-refractivity contribution in [3.63, 3.8) is 0 Å². The molecule has 6 heteroatoms. The number of benzene rings is 1. The molecule has 1 aromatic carbocycles. The Labute approximate surface area is 185 Å². The molecular weight excluding hydrogens is 398 g/mol. The molecular formula is C24H35NO4S. The molecule has 1 aromatic rings. The number of carbonyl (C=O) groups excluding carboxylic acids is 2. The van der Waals surface area contributed by atoms with Crippen molar-refractivity contribution < 1.29 is 19.1 Å². The number of hydrogen-bond donors (Lipinski definition) is 0. The van der Waals surface area contributed by atoms with Crippen molar-refractivity contribution in [3.8, 4) is 0 Å². The molecule has 0 aromatic heterocycles. The normalized spacial score (nSPS) is 17.4. The zero-order valence-electron chi connectivity index (χ0n) is 19.9. The number of nitrogens with zero attached hydrogens (tertiary/aromatic N) is 1. The highest BCUT2D eigenvalue weighted by Crippen LogP contribution is 2.46. The fourth-order valence-electron chi connectivity index (χ4n) is 3.60. The van der Waals surface area contributed by atoms with E-state index in [0.29, 0.717) is 11.3 Å². The third-order valence-electron chi connectivity index (χ3n) is 5.55. The summed E-state index contributed by atoms with van der Waals surface area (Å²) >= 11 is 1.43. The maximum Gasteiger partial charge on any atom is 0.513 e. The van der Waals surface area contributed by atoms with E-state index in [4.69, 9.17) is 9.47 Å². The Balaban J connectivity index is 2.59. The first-order chi connectivity index (χ1) is 13.7. The van der Waals surface area contributed by atoms with Crippen molar-refractivity contribution in [1.29, 1.82) is 0 Å². The van der Waals surface area contributed by atoms with Crippen LogP contribution in [-0.2, 0) is 14.3 Å². The Morgan fingerprint density at radius 2 is 1.70 bits per heavy atom. The van der Waals surface area contributed by atoms with Crippen LogP contribution in [0.4, 0.5) is 4.79 Å². The molecule has 166 valence electrons. The lowest BCUT2D eigenvalue weighted by molar-refractivity contribution is -0.121. The average Bonchev–Trinajstić information content (AvgIpc) is 2.75. The monoisotopic (exact) mass is 433 g/mol. The van der Waals surface area contributed by atoms with E-state index in [-0.39, 0.29) is 17.4 Å². The molecule has 5 nitrogen and oxygen atoms in total. The summed E-state index contributed by atoms with van der Waals surface area (Å²) in [7, 11) is 0. The quantitative estimate of drug-likeness (QED) is 0.409. The van der Waals surface area contributed by atoms with E-state index in [9.17, 15) is 9.59 Å². The molecule has 1 aliphatic heterocycles. The number of aryl methyl sites for hydroxylation is 3. The lowest BCUT2D eigenvalue weighted by atomic mass is 9.90. The van der Waals surface area contributed by atoms with Gasteiger partial charge in [0.1, 0.15) is 11.6 Å². The van der Waals surface area contributed by atoms with Crippen LogP contribution in [0.25, 0.3) is 5.57 Å². The second-order valence-corrected chi connectivity index (χ2v) is 10.7. The Kier molecular flexibility index (Phi) is 7.02. The van der Waals surface area contributed by atoms with Crippen molar-refractivity contribution in [2.24, 2.45) is 5.41 Å². The van der Waals surface area contributed by atoms with Crippen LogP contribution in [0.5, 0.6) is 0 Å². The predicted octanol–water partition coefficient (Wildman–Crippen LogP) is 6.20. The molecule has 1 amide bonds. The van der Waals surface area contributed by atoms with Crippen LogP contribution >= 0.6 is 11.9 Å².